The summed E-state index contributed by atoms with van der Waals surface area (Å²) in [5.74, 6) is -0.902. The third kappa shape index (κ3) is 2.82. The smallest absolute Gasteiger partial charge is 0.335 e. The number of hydrogen-bond acceptors (Lipinski definition) is 2. The molecule has 0 atom stereocenters. The van der Waals surface area contributed by atoms with Crippen LogP contribution >= 0.6 is 15.9 Å². The van der Waals surface area contributed by atoms with Gasteiger partial charge in [0.2, 0.25) is 0 Å². The van der Waals surface area contributed by atoms with E-state index in [4.69, 9.17) is 5.11 Å². The van der Waals surface area contributed by atoms with E-state index < -0.39 is 5.97 Å². The van der Waals surface area contributed by atoms with Gasteiger partial charge in [-0.25, -0.2) is 4.79 Å². The number of rotatable bonds is 4. The zero-order valence-electron chi connectivity index (χ0n) is 7.88. The van der Waals surface area contributed by atoms with Gasteiger partial charge in [0, 0.05) is 11.0 Å². The van der Waals surface area contributed by atoms with Gasteiger partial charge in [-0.3, -0.25) is 0 Å². The Bertz CT molecular complexity index is 339. The maximum Gasteiger partial charge on any atom is 0.335 e. The molecule has 1 aromatic carbocycles. The molecule has 0 spiro atoms. The SMILES string of the molecule is CCNCc1ccc(C(=O)O)cc1Br. The third-order valence-corrected chi connectivity index (χ3v) is 2.60. The van der Waals surface area contributed by atoms with Crippen LogP contribution in [0.2, 0.25) is 0 Å². The summed E-state index contributed by atoms with van der Waals surface area (Å²) in [4.78, 5) is 10.6. The van der Waals surface area contributed by atoms with Crippen LogP contribution in [0.4, 0.5) is 0 Å². The Morgan fingerprint density at radius 1 is 1.57 bits per heavy atom. The van der Waals surface area contributed by atoms with E-state index in [1.54, 1.807) is 12.1 Å². The second-order valence-corrected chi connectivity index (χ2v) is 3.75. The molecule has 0 fully saturated rings. The minimum atomic E-state index is -0.902. The molecular weight excluding hydrogens is 246 g/mol. The molecule has 0 heterocycles. The van der Waals surface area contributed by atoms with Crippen molar-refractivity contribution in [2.24, 2.45) is 0 Å². The van der Waals surface area contributed by atoms with Gasteiger partial charge in [0.1, 0.15) is 0 Å². The number of carboxylic acid groups (broad SMARTS) is 1. The number of aromatic carboxylic acids is 1. The predicted octanol–water partition coefficient (Wildman–Crippen LogP) is 2.26. The van der Waals surface area contributed by atoms with Gasteiger partial charge in [-0.2, -0.15) is 0 Å². The highest BCUT2D eigenvalue weighted by Gasteiger charge is 2.05. The normalized spacial score (nSPS) is 10.1. The Balaban J connectivity index is 2.84. The Labute approximate surface area is 91.3 Å². The quantitative estimate of drug-likeness (QED) is 0.870. The molecule has 2 N–H and O–H groups in total. The average molecular weight is 258 g/mol. The first-order valence-electron chi connectivity index (χ1n) is 4.37. The first kappa shape index (κ1) is 11.2. The number of hydrogen-bond donors (Lipinski definition) is 2. The third-order valence-electron chi connectivity index (χ3n) is 1.87. The van der Waals surface area contributed by atoms with E-state index >= 15 is 0 Å². The van der Waals surface area contributed by atoms with E-state index in [-0.39, 0.29) is 0 Å². The van der Waals surface area contributed by atoms with Crippen molar-refractivity contribution in [3.05, 3.63) is 33.8 Å². The molecule has 0 saturated carbocycles. The highest BCUT2D eigenvalue weighted by molar-refractivity contribution is 9.10. The van der Waals surface area contributed by atoms with Crippen molar-refractivity contribution >= 4 is 21.9 Å². The summed E-state index contributed by atoms with van der Waals surface area (Å²) in [5.41, 5.74) is 1.37. The zero-order valence-corrected chi connectivity index (χ0v) is 9.47. The maximum atomic E-state index is 10.6. The number of nitrogens with one attached hydrogen (secondary N) is 1. The molecule has 0 radical (unpaired) electrons. The molecule has 0 amide bonds. The molecule has 14 heavy (non-hydrogen) atoms. The van der Waals surface area contributed by atoms with Gasteiger partial charge in [0.25, 0.3) is 0 Å². The molecule has 0 aromatic heterocycles. The summed E-state index contributed by atoms with van der Waals surface area (Å²) in [6.07, 6.45) is 0. The first-order valence-corrected chi connectivity index (χ1v) is 5.17. The van der Waals surface area contributed by atoms with Crippen molar-refractivity contribution in [1.29, 1.82) is 0 Å². The lowest BCUT2D eigenvalue weighted by atomic mass is 10.1. The summed E-state index contributed by atoms with van der Waals surface area (Å²) in [5, 5.41) is 11.9. The molecular formula is C10H12BrNO2. The van der Waals surface area contributed by atoms with Gasteiger partial charge in [0.05, 0.1) is 5.56 Å². The fourth-order valence-electron chi connectivity index (χ4n) is 1.08. The van der Waals surface area contributed by atoms with Crippen LogP contribution in [0.3, 0.4) is 0 Å². The maximum absolute atomic E-state index is 10.6. The van der Waals surface area contributed by atoms with Crippen LogP contribution in [0.5, 0.6) is 0 Å². The largest absolute Gasteiger partial charge is 0.478 e. The molecule has 0 aliphatic carbocycles. The van der Waals surface area contributed by atoms with Crippen LogP contribution in [-0.4, -0.2) is 17.6 Å². The summed E-state index contributed by atoms with van der Waals surface area (Å²) in [7, 11) is 0. The highest BCUT2D eigenvalue weighted by atomic mass is 79.9. The number of benzene rings is 1. The standard InChI is InChI=1S/C10H12BrNO2/c1-2-12-6-8-4-3-7(10(13)14)5-9(8)11/h3-5,12H,2,6H2,1H3,(H,13,14). The van der Waals surface area contributed by atoms with Gasteiger partial charge >= 0.3 is 5.97 Å². The minimum Gasteiger partial charge on any atom is -0.478 e. The van der Waals surface area contributed by atoms with Crippen molar-refractivity contribution in [3.63, 3.8) is 0 Å². The fourth-order valence-corrected chi connectivity index (χ4v) is 1.60. The van der Waals surface area contributed by atoms with Crippen LogP contribution in [0.25, 0.3) is 0 Å². The highest BCUT2D eigenvalue weighted by Crippen LogP contribution is 2.18. The van der Waals surface area contributed by atoms with Gasteiger partial charge < -0.3 is 10.4 Å². The summed E-state index contributed by atoms with van der Waals surface area (Å²) < 4.78 is 0.832. The fraction of sp³-hybridized carbons (Fsp3) is 0.300. The lowest BCUT2D eigenvalue weighted by Gasteiger charge is -2.05. The molecule has 76 valence electrons. The van der Waals surface area contributed by atoms with Crippen molar-refractivity contribution in [2.45, 2.75) is 13.5 Å². The summed E-state index contributed by atoms with van der Waals surface area (Å²) in [6.45, 7) is 3.67. The second-order valence-electron chi connectivity index (χ2n) is 2.89. The van der Waals surface area contributed by atoms with E-state index in [1.807, 2.05) is 13.0 Å². The molecule has 3 nitrogen and oxygen atoms in total. The second kappa shape index (κ2) is 5.12. The number of carbonyl (C=O) groups is 1. The first-order chi connectivity index (χ1) is 6.65. The van der Waals surface area contributed by atoms with E-state index in [9.17, 15) is 4.79 Å². The molecule has 1 aromatic rings. The Hall–Kier alpha value is -0.870. The molecule has 0 saturated heterocycles. The average Bonchev–Trinajstić information content (AvgIpc) is 2.15. The van der Waals surface area contributed by atoms with Crippen molar-refractivity contribution in [2.75, 3.05) is 6.54 Å². The predicted molar refractivity (Wildman–Crippen MR) is 58.5 cm³/mol. The van der Waals surface area contributed by atoms with Crippen LogP contribution in [0.1, 0.15) is 22.8 Å². The molecule has 0 unspecified atom stereocenters. The van der Waals surface area contributed by atoms with Gasteiger partial charge in [0.15, 0.2) is 0 Å². The molecule has 0 aliphatic heterocycles. The van der Waals surface area contributed by atoms with Crippen LogP contribution in [0.15, 0.2) is 22.7 Å². The van der Waals surface area contributed by atoms with Crippen molar-refractivity contribution in [1.82, 2.24) is 5.32 Å². The van der Waals surface area contributed by atoms with Crippen LogP contribution in [-0.2, 0) is 6.54 Å². The minimum absolute atomic E-state index is 0.303. The van der Waals surface area contributed by atoms with Crippen molar-refractivity contribution < 1.29 is 9.90 Å². The van der Waals surface area contributed by atoms with Gasteiger partial charge in [-0.15, -0.1) is 0 Å². The number of halogens is 1. The topological polar surface area (TPSA) is 49.3 Å². The molecule has 4 heteroatoms. The van der Waals surface area contributed by atoms with Gasteiger partial charge in [-0.05, 0) is 24.2 Å². The van der Waals surface area contributed by atoms with Crippen LogP contribution < -0.4 is 5.32 Å². The van der Waals surface area contributed by atoms with E-state index in [1.165, 1.54) is 0 Å². The Kier molecular flexibility index (Phi) is 4.10. The summed E-state index contributed by atoms with van der Waals surface area (Å²) in [6, 6.07) is 5.05. The number of carboxylic acids is 1. The summed E-state index contributed by atoms with van der Waals surface area (Å²) >= 11 is 3.34. The van der Waals surface area contributed by atoms with E-state index in [0.29, 0.717) is 5.56 Å². The lowest BCUT2D eigenvalue weighted by Crippen LogP contribution is -2.12. The molecule has 1 rings (SSSR count). The Morgan fingerprint density at radius 2 is 2.29 bits per heavy atom. The Morgan fingerprint density at radius 3 is 2.79 bits per heavy atom. The zero-order chi connectivity index (χ0) is 10.6. The molecule has 0 aliphatic rings. The van der Waals surface area contributed by atoms with E-state index in [0.717, 1.165) is 23.1 Å². The van der Waals surface area contributed by atoms with Crippen molar-refractivity contribution in [3.8, 4) is 0 Å². The van der Waals surface area contributed by atoms with Gasteiger partial charge in [-0.1, -0.05) is 28.9 Å². The molecule has 0 bridgehead atoms. The van der Waals surface area contributed by atoms with Crippen LogP contribution in [0, 0.1) is 0 Å². The van der Waals surface area contributed by atoms with E-state index in [2.05, 4.69) is 21.2 Å². The lowest BCUT2D eigenvalue weighted by molar-refractivity contribution is 0.0697. The monoisotopic (exact) mass is 257 g/mol.